The van der Waals surface area contributed by atoms with E-state index in [-0.39, 0.29) is 11.8 Å². The zero-order valence-corrected chi connectivity index (χ0v) is 13.1. The first-order valence-corrected chi connectivity index (χ1v) is 8.52. The van der Waals surface area contributed by atoms with Crippen molar-refractivity contribution in [2.75, 3.05) is 5.32 Å². The van der Waals surface area contributed by atoms with Crippen LogP contribution >= 0.6 is 0 Å². The highest BCUT2D eigenvalue weighted by atomic mass is 16.2. The first kappa shape index (κ1) is 13.8. The van der Waals surface area contributed by atoms with Gasteiger partial charge in [0.1, 0.15) is 0 Å². The number of carbonyl (C=O) groups is 1. The zero-order valence-electron chi connectivity index (χ0n) is 13.1. The molecule has 0 spiro atoms. The normalized spacial score (nSPS) is 26.7. The van der Waals surface area contributed by atoms with E-state index in [0.717, 1.165) is 42.3 Å². The summed E-state index contributed by atoms with van der Waals surface area (Å²) in [5, 5.41) is 3.12. The lowest BCUT2D eigenvalue weighted by molar-refractivity contribution is -0.121. The Morgan fingerprint density at radius 2 is 2.18 bits per heavy atom. The van der Waals surface area contributed by atoms with Gasteiger partial charge in [0.15, 0.2) is 0 Å². The van der Waals surface area contributed by atoms with Crippen molar-refractivity contribution in [1.82, 2.24) is 9.55 Å². The van der Waals surface area contributed by atoms with Crippen LogP contribution < -0.4 is 5.32 Å². The molecule has 2 aliphatic rings. The highest BCUT2D eigenvalue weighted by molar-refractivity contribution is 5.93. The number of fused-ring (bicyclic) bond motifs is 3. The van der Waals surface area contributed by atoms with Crippen LogP contribution in [0.5, 0.6) is 0 Å². The number of amides is 1. The second kappa shape index (κ2) is 5.41. The van der Waals surface area contributed by atoms with Gasteiger partial charge in [-0.05, 0) is 49.7 Å². The molecule has 4 rings (SSSR count). The van der Waals surface area contributed by atoms with Crippen LogP contribution in [0.4, 0.5) is 5.95 Å². The Hall–Kier alpha value is -1.84. The van der Waals surface area contributed by atoms with E-state index in [1.807, 2.05) is 18.2 Å². The number of benzene rings is 1. The van der Waals surface area contributed by atoms with Crippen LogP contribution in [0.25, 0.3) is 11.0 Å². The molecule has 0 radical (unpaired) electrons. The van der Waals surface area contributed by atoms with E-state index in [2.05, 4.69) is 27.9 Å². The fourth-order valence-electron chi connectivity index (χ4n) is 4.39. The minimum Gasteiger partial charge on any atom is -0.310 e. The molecule has 0 saturated heterocycles. The van der Waals surface area contributed by atoms with Crippen molar-refractivity contribution < 1.29 is 4.79 Å². The molecule has 2 saturated carbocycles. The summed E-state index contributed by atoms with van der Waals surface area (Å²) in [6.45, 7) is 3.03. The SMILES string of the molecule is CCCn1c(NC(=O)C2CC3CCC2C3)nc2ccccc21. The van der Waals surface area contributed by atoms with Crippen LogP contribution in [0.15, 0.2) is 24.3 Å². The molecule has 0 aliphatic heterocycles. The van der Waals surface area contributed by atoms with Crippen molar-refractivity contribution in [3.8, 4) is 0 Å². The van der Waals surface area contributed by atoms with Crippen molar-refractivity contribution >= 4 is 22.9 Å². The van der Waals surface area contributed by atoms with Crippen LogP contribution in [0.2, 0.25) is 0 Å². The summed E-state index contributed by atoms with van der Waals surface area (Å²) >= 11 is 0. The van der Waals surface area contributed by atoms with Gasteiger partial charge >= 0.3 is 0 Å². The molecule has 2 aliphatic carbocycles. The van der Waals surface area contributed by atoms with E-state index in [9.17, 15) is 4.79 Å². The second-order valence-electron chi connectivity index (χ2n) is 6.85. The lowest BCUT2D eigenvalue weighted by atomic mass is 9.88. The molecule has 22 heavy (non-hydrogen) atoms. The number of anilines is 1. The van der Waals surface area contributed by atoms with Crippen molar-refractivity contribution in [3.05, 3.63) is 24.3 Å². The molecule has 4 heteroatoms. The number of nitrogens with one attached hydrogen (secondary N) is 1. The van der Waals surface area contributed by atoms with Gasteiger partial charge < -0.3 is 4.57 Å². The van der Waals surface area contributed by atoms with E-state index in [4.69, 9.17) is 0 Å². The maximum Gasteiger partial charge on any atom is 0.230 e. The molecular weight excluding hydrogens is 274 g/mol. The van der Waals surface area contributed by atoms with Crippen LogP contribution in [0.3, 0.4) is 0 Å². The van der Waals surface area contributed by atoms with Crippen molar-refractivity contribution in [2.24, 2.45) is 17.8 Å². The first-order valence-electron chi connectivity index (χ1n) is 8.52. The van der Waals surface area contributed by atoms with Gasteiger partial charge in [0.2, 0.25) is 11.9 Å². The molecule has 2 aromatic rings. The summed E-state index contributed by atoms with van der Waals surface area (Å²) in [5.41, 5.74) is 2.06. The van der Waals surface area contributed by atoms with Crippen LogP contribution in [0.1, 0.15) is 39.0 Å². The van der Waals surface area contributed by atoms with E-state index in [0.29, 0.717) is 5.92 Å². The Kier molecular flexibility index (Phi) is 3.40. The highest BCUT2D eigenvalue weighted by Crippen LogP contribution is 2.48. The Balaban J connectivity index is 1.60. The molecule has 2 fully saturated rings. The monoisotopic (exact) mass is 297 g/mol. The van der Waals surface area contributed by atoms with Crippen LogP contribution in [0, 0.1) is 17.8 Å². The molecule has 3 unspecified atom stereocenters. The Morgan fingerprint density at radius 3 is 2.91 bits per heavy atom. The maximum absolute atomic E-state index is 12.7. The lowest BCUT2D eigenvalue weighted by Crippen LogP contribution is -2.28. The number of carbonyl (C=O) groups excluding carboxylic acids is 1. The molecule has 1 aromatic carbocycles. The van der Waals surface area contributed by atoms with E-state index >= 15 is 0 Å². The highest BCUT2D eigenvalue weighted by Gasteiger charge is 2.43. The molecule has 3 atom stereocenters. The number of para-hydroxylation sites is 2. The zero-order chi connectivity index (χ0) is 15.1. The average Bonchev–Trinajstić information content (AvgIpc) is 3.22. The summed E-state index contributed by atoms with van der Waals surface area (Å²) in [7, 11) is 0. The summed E-state index contributed by atoms with van der Waals surface area (Å²) < 4.78 is 2.14. The number of hydrogen-bond acceptors (Lipinski definition) is 2. The number of nitrogens with zero attached hydrogens (tertiary/aromatic N) is 2. The van der Waals surface area contributed by atoms with Gasteiger partial charge in [-0.3, -0.25) is 10.1 Å². The quantitative estimate of drug-likeness (QED) is 0.932. The van der Waals surface area contributed by atoms with E-state index < -0.39 is 0 Å². The number of aryl methyl sites for hydroxylation is 1. The lowest BCUT2D eigenvalue weighted by Gasteiger charge is -2.20. The predicted octanol–water partition coefficient (Wildman–Crippen LogP) is 3.82. The molecule has 4 nitrogen and oxygen atoms in total. The van der Waals surface area contributed by atoms with E-state index in [1.54, 1.807) is 0 Å². The molecule has 1 amide bonds. The Labute approximate surface area is 130 Å². The topological polar surface area (TPSA) is 46.9 Å². The minimum absolute atomic E-state index is 0.180. The van der Waals surface area contributed by atoms with E-state index in [1.165, 1.54) is 19.3 Å². The Bertz CT molecular complexity index is 705. The summed E-state index contributed by atoms with van der Waals surface area (Å²) in [6.07, 6.45) is 5.91. The van der Waals surface area contributed by atoms with Gasteiger partial charge in [0.05, 0.1) is 11.0 Å². The van der Waals surface area contributed by atoms with Gasteiger partial charge in [-0.25, -0.2) is 4.98 Å². The van der Waals surface area contributed by atoms with Crippen LogP contribution in [-0.4, -0.2) is 15.5 Å². The van der Waals surface area contributed by atoms with Gasteiger partial charge in [-0.2, -0.15) is 0 Å². The third-order valence-electron chi connectivity index (χ3n) is 5.41. The summed E-state index contributed by atoms with van der Waals surface area (Å²) in [6, 6.07) is 8.10. The number of imidazole rings is 1. The third kappa shape index (κ3) is 2.21. The molecule has 1 heterocycles. The van der Waals surface area contributed by atoms with Crippen LogP contribution in [-0.2, 0) is 11.3 Å². The summed E-state index contributed by atoms with van der Waals surface area (Å²) in [5.74, 6) is 2.49. The molecule has 2 bridgehead atoms. The van der Waals surface area contributed by atoms with Crippen molar-refractivity contribution in [2.45, 2.75) is 45.6 Å². The van der Waals surface area contributed by atoms with Crippen molar-refractivity contribution in [3.63, 3.8) is 0 Å². The van der Waals surface area contributed by atoms with Gasteiger partial charge in [-0.1, -0.05) is 25.5 Å². The van der Waals surface area contributed by atoms with Gasteiger partial charge in [0.25, 0.3) is 0 Å². The second-order valence-corrected chi connectivity index (χ2v) is 6.85. The Morgan fingerprint density at radius 1 is 1.32 bits per heavy atom. The average molecular weight is 297 g/mol. The third-order valence-corrected chi connectivity index (χ3v) is 5.41. The fourth-order valence-corrected chi connectivity index (χ4v) is 4.39. The predicted molar refractivity (Wildman–Crippen MR) is 87.6 cm³/mol. The molecule has 1 aromatic heterocycles. The van der Waals surface area contributed by atoms with Crippen molar-refractivity contribution in [1.29, 1.82) is 0 Å². The van der Waals surface area contributed by atoms with Gasteiger partial charge in [0, 0.05) is 12.5 Å². The summed E-state index contributed by atoms with van der Waals surface area (Å²) in [4.78, 5) is 17.3. The number of hydrogen-bond donors (Lipinski definition) is 1. The molecular formula is C18H23N3O. The molecule has 116 valence electrons. The maximum atomic E-state index is 12.7. The van der Waals surface area contributed by atoms with Gasteiger partial charge in [-0.15, -0.1) is 0 Å². The number of rotatable bonds is 4. The standard InChI is InChI=1S/C18H23N3O/c1-2-9-21-16-6-4-3-5-15(16)19-18(21)20-17(22)14-11-12-7-8-13(14)10-12/h3-6,12-14H,2,7-11H2,1H3,(H,19,20,22). The fraction of sp³-hybridized carbons (Fsp3) is 0.556. The number of aromatic nitrogens is 2. The largest absolute Gasteiger partial charge is 0.310 e. The first-order chi connectivity index (χ1) is 10.8. The molecule has 1 N–H and O–H groups in total. The minimum atomic E-state index is 0.180. The smallest absolute Gasteiger partial charge is 0.230 e.